The van der Waals surface area contributed by atoms with E-state index in [1.165, 1.54) is 19.3 Å². The standard InChI is InChI=1S/C26H24N8O/c1-16-25(35)34(21-7-3-6-18(10-21)12-27)23-14-28-26(31-24(23)33(16)15-17-4-2-5-17)30-20-8-9-22-19(11-20)13-29-32-22/h3,6-11,13-14,16-17H,2,4-5,15H2,1H3,(H,29,32)(H,28,30,31)/t16-/m1/s1. The largest absolute Gasteiger partial charge is 0.343 e. The molecule has 6 rings (SSSR count). The molecule has 35 heavy (non-hydrogen) atoms. The molecule has 2 aromatic carbocycles. The van der Waals surface area contributed by atoms with Gasteiger partial charge < -0.3 is 10.2 Å². The van der Waals surface area contributed by atoms with Crippen LogP contribution in [0.3, 0.4) is 0 Å². The van der Waals surface area contributed by atoms with Gasteiger partial charge in [-0.15, -0.1) is 0 Å². The second-order valence-electron chi connectivity index (χ2n) is 9.16. The summed E-state index contributed by atoms with van der Waals surface area (Å²) in [5, 5.41) is 20.7. The van der Waals surface area contributed by atoms with Crippen LogP contribution in [0, 0.1) is 17.2 Å². The van der Waals surface area contributed by atoms with Gasteiger partial charge in [-0.1, -0.05) is 12.5 Å². The van der Waals surface area contributed by atoms with Crippen molar-refractivity contribution in [2.24, 2.45) is 5.92 Å². The van der Waals surface area contributed by atoms with E-state index in [9.17, 15) is 10.1 Å². The Labute approximate surface area is 202 Å². The molecule has 1 amide bonds. The maximum Gasteiger partial charge on any atom is 0.254 e. The Morgan fingerprint density at radius 1 is 1.20 bits per heavy atom. The highest BCUT2D eigenvalue weighted by Gasteiger charge is 2.39. The molecule has 2 N–H and O–H groups in total. The fourth-order valence-electron chi connectivity index (χ4n) is 4.75. The first kappa shape index (κ1) is 21.1. The third-order valence-electron chi connectivity index (χ3n) is 6.92. The maximum absolute atomic E-state index is 13.6. The SMILES string of the molecule is C[C@@H]1C(=O)N(c2cccc(C#N)c2)c2cnc(Nc3ccc4[nH]ncc4c3)nc2N1CC1CCC1. The van der Waals surface area contributed by atoms with Gasteiger partial charge in [-0.3, -0.25) is 14.8 Å². The molecule has 4 aromatic rings. The van der Waals surface area contributed by atoms with E-state index in [1.807, 2.05) is 31.2 Å². The Bertz CT molecular complexity index is 1470. The molecule has 1 aliphatic heterocycles. The number of nitriles is 1. The first-order valence-electron chi connectivity index (χ1n) is 11.8. The lowest BCUT2D eigenvalue weighted by atomic mass is 9.84. The molecule has 1 aliphatic carbocycles. The van der Waals surface area contributed by atoms with E-state index in [4.69, 9.17) is 4.98 Å². The summed E-state index contributed by atoms with van der Waals surface area (Å²) in [6.07, 6.45) is 7.03. The van der Waals surface area contributed by atoms with E-state index in [0.717, 1.165) is 23.1 Å². The van der Waals surface area contributed by atoms with Gasteiger partial charge in [0.25, 0.3) is 5.91 Å². The van der Waals surface area contributed by atoms with E-state index < -0.39 is 0 Å². The van der Waals surface area contributed by atoms with Crippen LogP contribution < -0.4 is 15.1 Å². The smallest absolute Gasteiger partial charge is 0.254 e. The minimum absolute atomic E-state index is 0.0540. The number of hydrogen-bond donors (Lipinski definition) is 2. The van der Waals surface area contributed by atoms with Crippen LogP contribution in [0.2, 0.25) is 0 Å². The number of carbonyl (C=O) groups excluding carboxylic acids is 1. The highest BCUT2D eigenvalue weighted by Crippen LogP contribution is 2.41. The Hall–Kier alpha value is -4.45. The van der Waals surface area contributed by atoms with Crippen molar-refractivity contribution in [2.75, 3.05) is 21.7 Å². The highest BCUT2D eigenvalue weighted by atomic mass is 16.2. The summed E-state index contributed by atoms with van der Waals surface area (Å²) in [5.74, 6) is 1.67. The Morgan fingerprint density at radius 3 is 2.89 bits per heavy atom. The molecule has 0 radical (unpaired) electrons. The zero-order valence-corrected chi connectivity index (χ0v) is 19.3. The van der Waals surface area contributed by atoms with Gasteiger partial charge in [0.05, 0.1) is 35.2 Å². The van der Waals surface area contributed by atoms with Gasteiger partial charge in [0.1, 0.15) is 11.7 Å². The lowest BCUT2D eigenvalue weighted by molar-refractivity contribution is -0.119. The van der Waals surface area contributed by atoms with Crippen molar-refractivity contribution in [2.45, 2.75) is 32.2 Å². The number of H-pyrrole nitrogens is 1. The van der Waals surface area contributed by atoms with Crippen molar-refractivity contribution in [3.05, 3.63) is 60.4 Å². The van der Waals surface area contributed by atoms with Gasteiger partial charge in [0, 0.05) is 17.6 Å². The van der Waals surface area contributed by atoms with Crippen molar-refractivity contribution >= 4 is 45.6 Å². The van der Waals surface area contributed by atoms with Crippen molar-refractivity contribution in [1.82, 2.24) is 20.2 Å². The second-order valence-corrected chi connectivity index (χ2v) is 9.16. The van der Waals surface area contributed by atoms with Gasteiger partial charge in [-0.05, 0) is 62.1 Å². The van der Waals surface area contributed by atoms with E-state index in [-0.39, 0.29) is 11.9 Å². The predicted molar refractivity (Wildman–Crippen MR) is 134 cm³/mol. The highest BCUT2D eigenvalue weighted by molar-refractivity contribution is 6.09. The maximum atomic E-state index is 13.6. The summed E-state index contributed by atoms with van der Waals surface area (Å²) in [6.45, 7) is 2.70. The minimum Gasteiger partial charge on any atom is -0.343 e. The van der Waals surface area contributed by atoms with Crippen LogP contribution in [0.5, 0.6) is 0 Å². The summed E-state index contributed by atoms with van der Waals surface area (Å²) in [5.41, 5.74) is 3.56. The van der Waals surface area contributed by atoms with Gasteiger partial charge >= 0.3 is 0 Å². The number of aromatic amines is 1. The number of anilines is 5. The molecular formula is C26H24N8O. The number of carbonyl (C=O) groups is 1. The van der Waals surface area contributed by atoms with Gasteiger partial charge in [0.2, 0.25) is 5.95 Å². The zero-order valence-electron chi connectivity index (χ0n) is 19.3. The normalized spacial score (nSPS) is 17.7. The van der Waals surface area contributed by atoms with Crippen LogP contribution in [-0.4, -0.2) is 38.7 Å². The fourth-order valence-corrected chi connectivity index (χ4v) is 4.75. The van der Waals surface area contributed by atoms with Crippen LogP contribution in [0.4, 0.5) is 28.8 Å². The third-order valence-corrected chi connectivity index (χ3v) is 6.92. The zero-order chi connectivity index (χ0) is 23.9. The number of aromatic nitrogens is 4. The number of amides is 1. The Balaban J connectivity index is 1.41. The average molecular weight is 465 g/mol. The molecule has 9 nitrogen and oxygen atoms in total. The molecule has 0 spiro atoms. The van der Waals surface area contributed by atoms with Crippen LogP contribution in [0.15, 0.2) is 54.9 Å². The number of rotatable bonds is 5. The fraction of sp³-hybridized carbons (Fsp3) is 0.269. The number of fused-ring (bicyclic) bond motifs is 2. The van der Waals surface area contributed by atoms with Crippen LogP contribution >= 0.6 is 0 Å². The van der Waals surface area contributed by atoms with E-state index in [2.05, 4.69) is 31.5 Å². The van der Waals surface area contributed by atoms with E-state index in [1.54, 1.807) is 35.5 Å². The second kappa shape index (κ2) is 8.40. The summed E-state index contributed by atoms with van der Waals surface area (Å²) in [6, 6.07) is 14.7. The summed E-state index contributed by atoms with van der Waals surface area (Å²) < 4.78 is 0. The number of nitrogens with zero attached hydrogens (tertiary/aromatic N) is 6. The van der Waals surface area contributed by atoms with Crippen molar-refractivity contribution in [3.8, 4) is 6.07 Å². The molecule has 174 valence electrons. The molecular weight excluding hydrogens is 440 g/mol. The molecule has 2 aliphatic rings. The van der Waals surface area contributed by atoms with Gasteiger partial charge in [0.15, 0.2) is 5.82 Å². The first-order valence-corrected chi connectivity index (χ1v) is 11.8. The third kappa shape index (κ3) is 3.73. The van der Waals surface area contributed by atoms with Gasteiger partial charge in [-0.2, -0.15) is 15.3 Å². The number of benzene rings is 2. The quantitative estimate of drug-likeness (QED) is 0.442. The number of nitrogens with one attached hydrogen (secondary N) is 2. The summed E-state index contributed by atoms with van der Waals surface area (Å²) in [4.78, 5) is 26.8. The Kier molecular flexibility index (Phi) is 5.07. The van der Waals surface area contributed by atoms with Crippen LogP contribution in [0.1, 0.15) is 31.7 Å². The van der Waals surface area contributed by atoms with Crippen molar-refractivity contribution in [1.29, 1.82) is 5.26 Å². The van der Waals surface area contributed by atoms with Crippen molar-refractivity contribution in [3.63, 3.8) is 0 Å². The molecule has 0 saturated heterocycles. The summed E-state index contributed by atoms with van der Waals surface area (Å²) >= 11 is 0. The average Bonchev–Trinajstić information content (AvgIpc) is 3.32. The van der Waals surface area contributed by atoms with Gasteiger partial charge in [-0.25, -0.2) is 4.98 Å². The molecule has 0 bridgehead atoms. The minimum atomic E-state index is -0.390. The molecule has 2 aromatic heterocycles. The Morgan fingerprint density at radius 2 is 2.09 bits per heavy atom. The van der Waals surface area contributed by atoms with E-state index >= 15 is 0 Å². The van der Waals surface area contributed by atoms with E-state index in [0.29, 0.717) is 34.6 Å². The van der Waals surface area contributed by atoms with Crippen LogP contribution in [0.25, 0.3) is 10.9 Å². The molecule has 1 atom stereocenters. The van der Waals surface area contributed by atoms with Crippen molar-refractivity contribution < 1.29 is 4.79 Å². The molecule has 0 unspecified atom stereocenters. The summed E-state index contributed by atoms with van der Waals surface area (Å²) in [7, 11) is 0. The molecule has 9 heteroatoms. The molecule has 1 saturated carbocycles. The van der Waals surface area contributed by atoms with Crippen LogP contribution in [-0.2, 0) is 4.79 Å². The molecule has 1 fully saturated rings. The monoisotopic (exact) mass is 464 g/mol. The predicted octanol–water partition coefficient (Wildman–Crippen LogP) is 4.64. The molecule has 3 heterocycles. The first-order chi connectivity index (χ1) is 17.1. The topological polar surface area (TPSA) is 114 Å². The lowest BCUT2D eigenvalue weighted by Gasteiger charge is -2.43. The lowest BCUT2D eigenvalue weighted by Crippen LogP contribution is -2.52. The number of hydrogen-bond acceptors (Lipinski definition) is 7.